The monoisotopic (exact) mass is 310 g/mol. The van der Waals surface area contributed by atoms with E-state index in [2.05, 4.69) is 6.58 Å². The van der Waals surface area contributed by atoms with Gasteiger partial charge < -0.3 is 9.84 Å². The van der Waals surface area contributed by atoms with Crippen LogP contribution < -0.4 is 4.74 Å². The lowest BCUT2D eigenvalue weighted by Crippen LogP contribution is -2.08. The largest absolute Gasteiger partial charge is 0.493 e. The van der Waals surface area contributed by atoms with Gasteiger partial charge in [0.25, 0.3) is 0 Å². The van der Waals surface area contributed by atoms with Crippen molar-refractivity contribution in [3.05, 3.63) is 77.9 Å². The summed E-state index contributed by atoms with van der Waals surface area (Å²) in [6.07, 6.45) is 0.896. The minimum Gasteiger partial charge on any atom is -0.493 e. The molecule has 0 unspecified atom stereocenters. The van der Waals surface area contributed by atoms with E-state index in [1.54, 1.807) is 0 Å². The molecule has 2 aromatic rings. The van der Waals surface area contributed by atoms with E-state index in [1.807, 2.05) is 61.5 Å². The van der Waals surface area contributed by atoms with Crippen molar-refractivity contribution in [2.75, 3.05) is 6.61 Å². The number of ether oxygens (including phenoxy) is 1. The first-order chi connectivity index (χ1) is 11.1. The van der Waals surface area contributed by atoms with E-state index in [9.17, 15) is 9.90 Å². The summed E-state index contributed by atoms with van der Waals surface area (Å²) < 4.78 is 5.66. The van der Waals surface area contributed by atoms with Gasteiger partial charge in [0.15, 0.2) is 0 Å². The summed E-state index contributed by atoms with van der Waals surface area (Å²) in [6.45, 7) is 6.43. The summed E-state index contributed by atoms with van der Waals surface area (Å²) >= 11 is 0. The highest BCUT2D eigenvalue weighted by atomic mass is 16.5. The lowest BCUT2D eigenvalue weighted by molar-refractivity contribution is -0.137. The second-order valence-corrected chi connectivity index (χ2v) is 5.69. The Hall–Kier alpha value is -2.55. The van der Waals surface area contributed by atoms with Crippen LogP contribution in [0.25, 0.3) is 0 Å². The Kier molecular flexibility index (Phi) is 5.98. The minimum atomic E-state index is -0.805. The summed E-state index contributed by atoms with van der Waals surface area (Å²) in [7, 11) is 0. The minimum absolute atomic E-state index is 0.0693. The van der Waals surface area contributed by atoms with E-state index in [-0.39, 0.29) is 12.3 Å². The van der Waals surface area contributed by atoms with E-state index < -0.39 is 5.97 Å². The van der Waals surface area contributed by atoms with Crippen LogP contribution in [0.3, 0.4) is 0 Å². The lowest BCUT2D eigenvalue weighted by Gasteiger charge is -2.16. The maximum absolute atomic E-state index is 11.2. The van der Waals surface area contributed by atoms with Gasteiger partial charge in [-0.3, -0.25) is 4.79 Å². The van der Waals surface area contributed by atoms with Crippen molar-refractivity contribution in [1.29, 1.82) is 0 Å². The van der Waals surface area contributed by atoms with Crippen molar-refractivity contribution in [2.24, 2.45) is 0 Å². The highest BCUT2D eigenvalue weighted by Crippen LogP contribution is 2.29. The van der Waals surface area contributed by atoms with Crippen LogP contribution in [0.1, 0.15) is 36.8 Å². The molecule has 0 aliphatic heterocycles. The molecule has 23 heavy (non-hydrogen) atoms. The van der Waals surface area contributed by atoms with Crippen LogP contribution in [-0.4, -0.2) is 17.7 Å². The van der Waals surface area contributed by atoms with Crippen molar-refractivity contribution in [3.8, 4) is 5.75 Å². The van der Waals surface area contributed by atoms with Crippen LogP contribution in [0.5, 0.6) is 5.75 Å². The molecular weight excluding hydrogens is 288 g/mol. The van der Waals surface area contributed by atoms with Gasteiger partial charge in [0.1, 0.15) is 5.75 Å². The highest BCUT2D eigenvalue weighted by Gasteiger charge is 2.17. The Bertz CT molecular complexity index is 644. The molecule has 3 heteroatoms. The number of carbonyl (C=O) groups is 1. The quantitative estimate of drug-likeness (QED) is 0.723. The zero-order valence-electron chi connectivity index (χ0n) is 13.4. The van der Waals surface area contributed by atoms with Gasteiger partial charge >= 0.3 is 5.97 Å². The number of rotatable bonds is 8. The molecule has 1 atom stereocenters. The molecule has 0 aliphatic carbocycles. The fourth-order valence-corrected chi connectivity index (χ4v) is 2.43. The Morgan fingerprint density at radius 1 is 1.09 bits per heavy atom. The normalized spacial score (nSPS) is 11.7. The number of hydrogen-bond donors (Lipinski definition) is 1. The molecule has 2 aromatic carbocycles. The van der Waals surface area contributed by atoms with E-state index >= 15 is 0 Å². The topological polar surface area (TPSA) is 46.5 Å². The van der Waals surface area contributed by atoms with E-state index in [4.69, 9.17) is 4.74 Å². The molecule has 0 heterocycles. The highest BCUT2D eigenvalue weighted by molar-refractivity contribution is 5.69. The van der Waals surface area contributed by atoms with Gasteiger partial charge in [-0.2, -0.15) is 0 Å². The fourth-order valence-electron chi connectivity index (χ4n) is 2.43. The second-order valence-electron chi connectivity index (χ2n) is 5.69. The number of hydrogen-bond acceptors (Lipinski definition) is 2. The molecule has 0 bridgehead atoms. The first kappa shape index (κ1) is 16.8. The number of benzene rings is 2. The van der Waals surface area contributed by atoms with Crippen molar-refractivity contribution in [3.63, 3.8) is 0 Å². The molecule has 0 saturated heterocycles. The molecule has 1 N–H and O–H groups in total. The van der Waals surface area contributed by atoms with Gasteiger partial charge in [-0.15, -0.1) is 6.58 Å². The van der Waals surface area contributed by atoms with Crippen LogP contribution in [0.2, 0.25) is 0 Å². The van der Waals surface area contributed by atoms with Gasteiger partial charge in [0.05, 0.1) is 13.0 Å². The lowest BCUT2D eigenvalue weighted by atomic mass is 9.88. The average molecular weight is 310 g/mol. The maximum Gasteiger partial charge on any atom is 0.304 e. The van der Waals surface area contributed by atoms with Gasteiger partial charge in [0, 0.05) is 12.3 Å². The first-order valence-electron chi connectivity index (χ1n) is 7.70. The number of carboxylic acid groups (broad SMARTS) is 1. The predicted octanol–water partition coefficient (Wildman–Crippen LogP) is 4.64. The van der Waals surface area contributed by atoms with Crippen LogP contribution in [0.15, 0.2) is 66.7 Å². The summed E-state index contributed by atoms with van der Waals surface area (Å²) in [5.41, 5.74) is 3.07. The molecule has 0 amide bonds. The molecular formula is C20H22O3. The Morgan fingerprint density at radius 2 is 1.70 bits per heavy atom. The number of aliphatic carboxylic acids is 1. The average Bonchev–Trinajstić information content (AvgIpc) is 2.54. The van der Waals surface area contributed by atoms with Gasteiger partial charge in [-0.1, -0.05) is 48.0 Å². The molecule has 0 aliphatic rings. The van der Waals surface area contributed by atoms with Gasteiger partial charge in [-0.25, -0.2) is 0 Å². The Balaban J connectivity index is 2.13. The van der Waals surface area contributed by atoms with E-state index in [1.165, 1.54) is 0 Å². The molecule has 0 saturated carbocycles. The van der Waals surface area contributed by atoms with Crippen molar-refractivity contribution >= 4 is 5.97 Å². The Labute approximate surface area is 137 Å². The third-order valence-corrected chi connectivity index (χ3v) is 3.66. The number of carboxylic acids is 1. The molecule has 2 rings (SSSR count). The van der Waals surface area contributed by atoms with Crippen molar-refractivity contribution in [2.45, 2.75) is 25.7 Å². The van der Waals surface area contributed by atoms with E-state index in [0.717, 1.165) is 28.9 Å². The smallest absolute Gasteiger partial charge is 0.304 e. The molecule has 3 nitrogen and oxygen atoms in total. The maximum atomic E-state index is 11.2. The summed E-state index contributed by atoms with van der Waals surface area (Å²) in [4.78, 5) is 11.2. The standard InChI is InChI=1S/C20H22O3/c1-15(2)12-13-23-18-10-8-17(9-11-18)19(14-20(21)22)16-6-4-3-5-7-16/h3-11,19H,1,12-14H2,2H3,(H,21,22)/t19-/m0/s1. The molecule has 0 fully saturated rings. The van der Waals surface area contributed by atoms with Crippen LogP contribution in [0.4, 0.5) is 0 Å². The van der Waals surface area contributed by atoms with Gasteiger partial charge in [0.2, 0.25) is 0 Å². The van der Waals surface area contributed by atoms with Crippen molar-refractivity contribution in [1.82, 2.24) is 0 Å². The molecule has 120 valence electrons. The fraction of sp³-hybridized carbons (Fsp3) is 0.250. The molecule has 0 radical (unpaired) electrons. The van der Waals surface area contributed by atoms with Crippen LogP contribution in [-0.2, 0) is 4.79 Å². The van der Waals surface area contributed by atoms with Crippen LogP contribution >= 0.6 is 0 Å². The van der Waals surface area contributed by atoms with E-state index in [0.29, 0.717) is 6.61 Å². The SMILES string of the molecule is C=C(C)CCOc1ccc([C@@H](CC(=O)O)c2ccccc2)cc1. The zero-order valence-corrected chi connectivity index (χ0v) is 13.4. The first-order valence-corrected chi connectivity index (χ1v) is 7.70. The third-order valence-electron chi connectivity index (χ3n) is 3.66. The van der Waals surface area contributed by atoms with Crippen LogP contribution in [0, 0.1) is 0 Å². The summed E-state index contributed by atoms with van der Waals surface area (Å²) in [6, 6.07) is 17.4. The third kappa shape index (κ3) is 5.29. The molecule has 0 aromatic heterocycles. The van der Waals surface area contributed by atoms with Gasteiger partial charge in [-0.05, 0) is 30.2 Å². The summed E-state index contributed by atoms with van der Waals surface area (Å²) in [5, 5.41) is 9.20. The predicted molar refractivity (Wildman–Crippen MR) is 91.9 cm³/mol. The second kappa shape index (κ2) is 8.18. The summed E-state index contributed by atoms with van der Waals surface area (Å²) in [5.74, 6) is -0.170. The zero-order chi connectivity index (χ0) is 16.7. The molecule has 0 spiro atoms. The Morgan fingerprint density at radius 3 is 2.26 bits per heavy atom. The van der Waals surface area contributed by atoms with Crippen molar-refractivity contribution < 1.29 is 14.6 Å².